The highest BCUT2D eigenvalue weighted by Gasteiger charge is 2.31. The molecule has 0 heterocycles. The average Bonchev–Trinajstić information content (AvgIpc) is 2.34. The number of hydrogen-bond donors (Lipinski definition) is 2. The Kier molecular flexibility index (Phi) is 4.38. The molecule has 0 radical (unpaired) electrons. The van der Waals surface area contributed by atoms with E-state index < -0.39 is 23.8 Å². The van der Waals surface area contributed by atoms with E-state index in [4.69, 9.17) is 10.4 Å². The van der Waals surface area contributed by atoms with Crippen LogP contribution in [0.15, 0.2) is 18.2 Å². The number of rotatable bonds is 4. The molecule has 0 spiro atoms. The Balaban J connectivity index is 3.11. The predicted octanol–water partition coefficient (Wildman–Crippen LogP) is 2.85. The Hall–Kier alpha value is -2.23. The summed E-state index contributed by atoms with van der Waals surface area (Å²) in [6.07, 6.45) is -4.30. The second kappa shape index (κ2) is 5.61. The van der Waals surface area contributed by atoms with Crippen LogP contribution in [0.5, 0.6) is 0 Å². The van der Waals surface area contributed by atoms with Gasteiger partial charge in [0.1, 0.15) is 12.1 Å². The summed E-state index contributed by atoms with van der Waals surface area (Å²) in [5.74, 6) is -1.13. The van der Waals surface area contributed by atoms with Crippen molar-refractivity contribution in [2.75, 3.05) is 5.32 Å². The highest BCUT2D eigenvalue weighted by molar-refractivity contribution is 5.78. The third-order valence-corrected chi connectivity index (χ3v) is 2.50. The smallest absolute Gasteiger partial charge is 0.416 e. The maximum absolute atomic E-state index is 12.5. The number of aliphatic carboxylic acids is 1. The van der Waals surface area contributed by atoms with E-state index in [2.05, 4.69) is 5.32 Å². The molecule has 0 saturated heterocycles. The van der Waals surface area contributed by atoms with Crippen LogP contribution in [0.4, 0.5) is 18.9 Å². The van der Waals surface area contributed by atoms with Crippen molar-refractivity contribution >= 4 is 11.7 Å². The summed E-state index contributed by atoms with van der Waals surface area (Å²) in [5, 5.41) is 20.2. The van der Waals surface area contributed by atoms with Crippen molar-refractivity contribution in [3.63, 3.8) is 0 Å². The third-order valence-electron chi connectivity index (χ3n) is 2.50. The Morgan fingerprint density at radius 3 is 2.58 bits per heavy atom. The molecule has 0 fully saturated rings. The zero-order valence-corrected chi connectivity index (χ0v) is 9.95. The molecule has 0 aliphatic rings. The van der Waals surface area contributed by atoms with E-state index in [1.54, 1.807) is 13.0 Å². The summed E-state index contributed by atoms with van der Waals surface area (Å²) in [6, 6.07) is 3.22. The van der Waals surface area contributed by atoms with Crippen LogP contribution in [0.3, 0.4) is 0 Å². The molecular weight excluding hydrogens is 261 g/mol. The van der Waals surface area contributed by atoms with Gasteiger partial charge in [-0.1, -0.05) is 6.92 Å². The summed E-state index contributed by atoms with van der Waals surface area (Å²) in [7, 11) is 0. The van der Waals surface area contributed by atoms with Gasteiger partial charge in [0.25, 0.3) is 0 Å². The van der Waals surface area contributed by atoms with Gasteiger partial charge in [0.05, 0.1) is 16.8 Å². The number of nitrogens with zero attached hydrogens (tertiary/aromatic N) is 1. The van der Waals surface area contributed by atoms with Gasteiger partial charge in [-0.05, 0) is 24.6 Å². The Morgan fingerprint density at radius 2 is 2.16 bits per heavy atom. The lowest BCUT2D eigenvalue weighted by Crippen LogP contribution is -2.28. The van der Waals surface area contributed by atoms with Gasteiger partial charge in [-0.15, -0.1) is 0 Å². The summed E-state index contributed by atoms with van der Waals surface area (Å²) in [6.45, 7) is 1.61. The standard InChI is InChI=1S/C12H11F3N2O2/c1-2-9(11(18)19)17-10-4-3-8(12(13,14)15)5-7(10)6-16/h3-5,9,17H,2H2,1H3,(H,18,19). The number of alkyl halides is 3. The van der Waals surface area contributed by atoms with Crippen molar-refractivity contribution in [2.24, 2.45) is 0 Å². The topological polar surface area (TPSA) is 73.1 Å². The molecule has 0 aliphatic heterocycles. The van der Waals surface area contributed by atoms with Gasteiger partial charge >= 0.3 is 12.1 Å². The molecule has 0 amide bonds. The molecule has 102 valence electrons. The first kappa shape index (κ1) is 14.8. The van der Waals surface area contributed by atoms with Gasteiger partial charge < -0.3 is 10.4 Å². The van der Waals surface area contributed by atoms with Gasteiger partial charge in [-0.2, -0.15) is 18.4 Å². The number of carboxylic acids is 1. The minimum atomic E-state index is -4.54. The molecule has 2 N–H and O–H groups in total. The lowest BCUT2D eigenvalue weighted by molar-refractivity contribution is -0.138. The van der Waals surface area contributed by atoms with E-state index in [0.717, 1.165) is 12.1 Å². The number of halogens is 3. The van der Waals surface area contributed by atoms with Crippen molar-refractivity contribution in [1.82, 2.24) is 0 Å². The van der Waals surface area contributed by atoms with Gasteiger partial charge in [-0.25, -0.2) is 4.79 Å². The van der Waals surface area contributed by atoms with Crippen molar-refractivity contribution in [3.8, 4) is 6.07 Å². The molecule has 0 bridgehead atoms. The minimum absolute atomic E-state index is 0.0738. The zero-order valence-electron chi connectivity index (χ0n) is 9.95. The first-order valence-electron chi connectivity index (χ1n) is 5.40. The maximum Gasteiger partial charge on any atom is 0.416 e. The maximum atomic E-state index is 12.5. The van der Waals surface area contributed by atoms with Crippen LogP contribution >= 0.6 is 0 Å². The number of nitrogens with one attached hydrogen (secondary N) is 1. The molecule has 1 unspecified atom stereocenters. The van der Waals surface area contributed by atoms with Gasteiger partial charge in [0.15, 0.2) is 0 Å². The van der Waals surface area contributed by atoms with E-state index in [0.29, 0.717) is 6.07 Å². The number of hydrogen-bond acceptors (Lipinski definition) is 3. The van der Waals surface area contributed by atoms with Crippen LogP contribution in [0.2, 0.25) is 0 Å². The van der Waals surface area contributed by atoms with Crippen LogP contribution in [-0.4, -0.2) is 17.1 Å². The largest absolute Gasteiger partial charge is 0.480 e. The van der Waals surface area contributed by atoms with Crippen LogP contribution in [0.1, 0.15) is 24.5 Å². The summed E-state index contributed by atoms with van der Waals surface area (Å²) < 4.78 is 37.4. The fourth-order valence-corrected chi connectivity index (χ4v) is 1.47. The average molecular weight is 272 g/mol. The first-order chi connectivity index (χ1) is 8.79. The summed E-state index contributed by atoms with van der Waals surface area (Å²) in [5.41, 5.74) is -1.11. The molecule has 0 saturated carbocycles. The number of anilines is 1. The van der Waals surface area contributed by atoms with Crippen molar-refractivity contribution < 1.29 is 23.1 Å². The summed E-state index contributed by atoms with van der Waals surface area (Å²) >= 11 is 0. The second-order valence-electron chi connectivity index (χ2n) is 3.81. The van der Waals surface area contributed by atoms with E-state index in [-0.39, 0.29) is 17.7 Å². The van der Waals surface area contributed by atoms with Crippen LogP contribution < -0.4 is 5.32 Å². The fourth-order valence-electron chi connectivity index (χ4n) is 1.47. The minimum Gasteiger partial charge on any atom is -0.480 e. The van der Waals surface area contributed by atoms with E-state index in [1.807, 2.05) is 0 Å². The van der Waals surface area contributed by atoms with E-state index >= 15 is 0 Å². The van der Waals surface area contributed by atoms with Gasteiger partial charge in [0.2, 0.25) is 0 Å². The molecule has 4 nitrogen and oxygen atoms in total. The molecule has 1 aromatic carbocycles. The van der Waals surface area contributed by atoms with Crippen LogP contribution in [0.25, 0.3) is 0 Å². The Bertz CT molecular complexity index is 521. The lowest BCUT2D eigenvalue weighted by atomic mass is 10.1. The molecule has 1 atom stereocenters. The first-order valence-corrected chi connectivity index (χ1v) is 5.40. The molecule has 19 heavy (non-hydrogen) atoms. The van der Waals surface area contributed by atoms with Crippen LogP contribution in [-0.2, 0) is 11.0 Å². The second-order valence-corrected chi connectivity index (χ2v) is 3.81. The predicted molar refractivity (Wildman–Crippen MR) is 61.5 cm³/mol. The molecular formula is C12H11F3N2O2. The van der Waals surface area contributed by atoms with Gasteiger partial charge in [0, 0.05) is 0 Å². The highest BCUT2D eigenvalue weighted by Crippen LogP contribution is 2.31. The normalized spacial score (nSPS) is 12.6. The van der Waals surface area contributed by atoms with Gasteiger partial charge in [-0.3, -0.25) is 0 Å². The molecule has 1 aromatic rings. The Morgan fingerprint density at radius 1 is 1.53 bits per heavy atom. The van der Waals surface area contributed by atoms with Crippen molar-refractivity contribution in [2.45, 2.75) is 25.6 Å². The molecule has 1 rings (SSSR count). The number of carboxylic acid groups (broad SMARTS) is 1. The molecule has 7 heteroatoms. The Labute approximate surface area is 107 Å². The van der Waals surface area contributed by atoms with Crippen molar-refractivity contribution in [3.05, 3.63) is 29.3 Å². The zero-order chi connectivity index (χ0) is 14.6. The van der Waals surface area contributed by atoms with Crippen molar-refractivity contribution in [1.29, 1.82) is 5.26 Å². The fraction of sp³-hybridized carbons (Fsp3) is 0.333. The number of carbonyl (C=O) groups is 1. The SMILES string of the molecule is CCC(Nc1ccc(C(F)(F)F)cc1C#N)C(=O)O. The molecule has 0 aromatic heterocycles. The third kappa shape index (κ3) is 3.61. The van der Waals surface area contributed by atoms with E-state index in [9.17, 15) is 18.0 Å². The van der Waals surface area contributed by atoms with E-state index in [1.165, 1.54) is 0 Å². The number of nitriles is 1. The monoisotopic (exact) mass is 272 g/mol. The summed E-state index contributed by atoms with van der Waals surface area (Å²) in [4.78, 5) is 10.8. The quantitative estimate of drug-likeness (QED) is 0.883. The van der Waals surface area contributed by atoms with Crippen LogP contribution in [0, 0.1) is 11.3 Å². The lowest BCUT2D eigenvalue weighted by Gasteiger charge is -2.16. The molecule has 0 aliphatic carbocycles. The number of benzene rings is 1. The highest BCUT2D eigenvalue weighted by atomic mass is 19.4.